The van der Waals surface area contributed by atoms with Crippen molar-refractivity contribution in [1.82, 2.24) is 14.1 Å². The van der Waals surface area contributed by atoms with Crippen LogP contribution in [0, 0.1) is 11.3 Å². The fourth-order valence-corrected chi connectivity index (χ4v) is 3.96. The van der Waals surface area contributed by atoms with Gasteiger partial charge in [0.05, 0.1) is 11.3 Å². The summed E-state index contributed by atoms with van der Waals surface area (Å²) in [4.78, 5) is 28.9. The van der Waals surface area contributed by atoms with E-state index in [9.17, 15) is 14.9 Å². The molecule has 25 heavy (non-hydrogen) atoms. The summed E-state index contributed by atoms with van der Waals surface area (Å²) in [7, 11) is 2.92. The van der Waals surface area contributed by atoms with Gasteiger partial charge in [0.25, 0.3) is 5.56 Å². The van der Waals surface area contributed by atoms with E-state index in [4.69, 9.17) is 5.73 Å². The van der Waals surface area contributed by atoms with Crippen molar-refractivity contribution in [3.63, 3.8) is 0 Å². The minimum absolute atomic E-state index is 0.0776. The Morgan fingerprint density at radius 3 is 2.56 bits per heavy atom. The maximum Gasteiger partial charge on any atom is 0.332 e. The van der Waals surface area contributed by atoms with Crippen molar-refractivity contribution in [1.29, 1.82) is 5.26 Å². The molecule has 0 unspecified atom stereocenters. The van der Waals surface area contributed by atoms with Crippen LogP contribution in [-0.2, 0) is 14.1 Å². The van der Waals surface area contributed by atoms with Crippen molar-refractivity contribution in [3.05, 3.63) is 36.8 Å². The van der Waals surface area contributed by atoms with Crippen molar-refractivity contribution in [2.45, 2.75) is 32.1 Å². The van der Waals surface area contributed by atoms with E-state index in [0.717, 1.165) is 35.8 Å². The van der Waals surface area contributed by atoms with Crippen molar-refractivity contribution >= 4 is 22.7 Å². The lowest BCUT2D eigenvalue weighted by Gasteiger charge is -2.14. The van der Waals surface area contributed by atoms with Crippen LogP contribution < -0.4 is 17.0 Å². The molecule has 0 radical (unpaired) electrons. The number of thiazole rings is 1. The van der Waals surface area contributed by atoms with Gasteiger partial charge in [-0.05, 0) is 31.3 Å². The maximum absolute atomic E-state index is 12.5. The number of hydrogen-bond acceptors (Lipinski definition) is 6. The van der Waals surface area contributed by atoms with Gasteiger partial charge in [0, 0.05) is 19.5 Å². The highest BCUT2D eigenvalue weighted by molar-refractivity contribution is 7.11. The molecule has 2 aromatic rings. The summed E-state index contributed by atoms with van der Waals surface area (Å²) in [6.45, 7) is 0. The van der Waals surface area contributed by atoms with Crippen LogP contribution in [0.15, 0.2) is 20.5 Å². The number of anilines is 1. The second-order valence-electron chi connectivity index (χ2n) is 6.15. The van der Waals surface area contributed by atoms with Gasteiger partial charge in [-0.3, -0.25) is 13.9 Å². The summed E-state index contributed by atoms with van der Waals surface area (Å²) in [5.74, 6) is 0.0776. The molecule has 0 amide bonds. The number of aromatic nitrogens is 3. The molecule has 130 valence electrons. The second-order valence-corrected chi connectivity index (χ2v) is 7.01. The molecule has 8 heteroatoms. The molecule has 1 fully saturated rings. The Labute approximate surface area is 148 Å². The largest absolute Gasteiger partial charge is 0.384 e. The molecule has 1 saturated carbocycles. The van der Waals surface area contributed by atoms with Crippen LogP contribution in [0.3, 0.4) is 0 Å². The van der Waals surface area contributed by atoms with Gasteiger partial charge in [-0.25, -0.2) is 9.78 Å². The standard InChI is InChI=1S/C17H19N5O2S/c1-21-14(19)13(16(23)22(2)17(21)24)12-9-25-15(20-12)11(8-18)10-6-4-3-5-7-10/h9H,3-7,19H2,1-2H3. The van der Waals surface area contributed by atoms with E-state index in [2.05, 4.69) is 11.1 Å². The van der Waals surface area contributed by atoms with Gasteiger partial charge >= 0.3 is 5.69 Å². The monoisotopic (exact) mass is 357 g/mol. The van der Waals surface area contributed by atoms with Gasteiger partial charge in [-0.1, -0.05) is 6.42 Å². The average molecular weight is 357 g/mol. The molecular formula is C17H19N5O2S. The third-order valence-corrected chi connectivity index (χ3v) is 5.47. The van der Waals surface area contributed by atoms with Gasteiger partial charge in [0.15, 0.2) is 0 Å². The molecule has 0 atom stereocenters. The Balaban J connectivity index is 2.14. The molecule has 2 aromatic heterocycles. The first kappa shape index (κ1) is 17.2. The third-order valence-electron chi connectivity index (χ3n) is 4.61. The van der Waals surface area contributed by atoms with Crippen LogP contribution >= 0.6 is 11.3 Å². The van der Waals surface area contributed by atoms with Crippen molar-refractivity contribution < 1.29 is 0 Å². The predicted molar refractivity (Wildman–Crippen MR) is 98.1 cm³/mol. The van der Waals surface area contributed by atoms with Gasteiger partial charge in [0.1, 0.15) is 22.5 Å². The number of rotatable bonds is 2. The number of nitriles is 1. The van der Waals surface area contributed by atoms with Crippen molar-refractivity contribution in [3.8, 4) is 17.3 Å². The Hall–Kier alpha value is -2.66. The fraction of sp³-hybridized carbons (Fsp3) is 0.412. The smallest absolute Gasteiger partial charge is 0.332 e. The first-order valence-electron chi connectivity index (χ1n) is 8.09. The van der Waals surface area contributed by atoms with Crippen molar-refractivity contribution in [2.75, 3.05) is 5.73 Å². The van der Waals surface area contributed by atoms with E-state index in [1.165, 1.54) is 36.4 Å². The van der Waals surface area contributed by atoms with E-state index in [1.807, 2.05) is 0 Å². The Bertz CT molecular complexity index is 1010. The van der Waals surface area contributed by atoms with Gasteiger partial charge in [-0.2, -0.15) is 5.26 Å². The lowest BCUT2D eigenvalue weighted by molar-refractivity contribution is 0.601. The number of hydrogen-bond donors (Lipinski definition) is 1. The lowest BCUT2D eigenvalue weighted by Crippen LogP contribution is -2.39. The van der Waals surface area contributed by atoms with E-state index in [0.29, 0.717) is 16.3 Å². The molecule has 0 aromatic carbocycles. The number of nitrogens with two attached hydrogens (primary N) is 1. The zero-order valence-corrected chi connectivity index (χ0v) is 15.0. The molecule has 1 aliphatic carbocycles. The van der Waals surface area contributed by atoms with E-state index in [-0.39, 0.29) is 11.4 Å². The molecule has 2 heterocycles. The SMILES string of the molecule is Cn1c(N)c(-c2csc(C(C#N)=C3CCCCC3)n2)c(=O)n(C)c1=O. The summed E-state index contributed by atoms with van der Waals surface area (Å²) < 4.78 is 2.23. The Morgan fingerprint density at radius 2 is 1.92 bits per heavy atom. The summed E-state index contributed by atoms with van der Waals surface area (Å²) in [6, 6.07) is 2.27. The molecule has 7 nitrogen and oxygen atoms in total. The van der Waals surface area contributed by atoms with E-state index in [1.54, 1.807) is 5.38 Å². The summed E-state index contributed by atoms with van der Waals surface area (Å²) in [5, 5.41) is 11.9. The number of nitrogens with zero attached hydrogens (tertiary/aromatic N) is 4. The molecule has 0 spiro atoms. The van der Waals surface area contributed by atoms with Crippen molar-refractivity contribution in [2.24, 2.45) is 14.1 Å². The highest BCUT2D eigenvalue weighted by Crippen LogP contribution is 2.33. The third kappa shape index (κ3) is 2.91. The Kier molecular flexibility index (Phi) is 4.59. The van der Waals surface area contributed by atoms with Crippen LogP contribution in [0.5, 0.6) is 0 Å². The normalized spacial score (nSPS) is 14.4. The molecule has 1 aliphatic rings. The van der Waals surface area contributed by atoms with Crippen LogP contribution in [0.4, 0.5) is 5.82 Å². The minimum Gasteiger partial charge on any atom is -0.384 e. The van der Waals surface area contributed by atoms with Gasteiger partial charge in [0.2, 0.25) is 0 Å². The first-order valence-corrected chi connectivity index (χ1v) is 8.97. The second kappa shape index (κ2) is 6.69. The number of allylic oxidation sites excluding steroid dienone is 2. The quantitative estimate of drug-likeness (QED) is 0.828. The number of nitrogen functional groups attached to an aromatic ring is 1. The highest BCUT2D eigenvalue weighted by Gasteiger charge is 2.20. The fourth-order valence-electron chi connectivity index (χ4n) is 3.11. The lowest BCUT2D eigenvalue weighted by atomic mass is 9.91. The molecule has 0 aliphatic heterocycles. The van der Waals surface area contributed by atoms with Crippen LogP contribution in [0.25, 0.3) is 16.8 Å². The van der Waals surface area contributed by atoms with E-state index < -0.39 is 11.2 Å². The highest BCUT2D eigenvalue weighted by atomic mass is 32.1. The van der Waals surface area contributed by atoms with Crippen LogP contribution in [0.1, 0.15) is 37.1 Å². The summed E-state index contributed by atoms with van der Waals surface area (Å²) >= 11 is 1.32. The van der Waals surface area contributed by atoms with E-state index >= 15 is 0 Å². The molecule has 0 saturated heterocycles. The van der Waals surface area contributed by atoms with Gasteiger partial charge in [-0.15, -0.1) is 11.3 Å². The zero-order chi connectivity index (χ0) is 18.1. The van der Waals surface area contributed by atoms with Crippen LogP contribution in [0.2, 0.25) is 0 Å². The summed E-state index contributed by atoms with van der Waals surface area (Å²) in [6.07, 6.45) is 5.21. The molecule has 2 N–H and O–H groups in total. The topological polar surface area (TPSA) is 107 Å². The minimum atomic E-state index is -0.485. The average Bonchev–Trinajstić information content (AvgIpc) is 3.09. The molecule has 3 rings (SSSR count). The maximum atomic E-state index is 12.5. The first-order chi connectivity index (χ1) is 12.0. The molecule has 0 bridgehead atoms. The molecular weight excluding hydrogens is 338 g/mol. The predicted octanol–water partition coefficient (Wildman–Crippen LogP) is 2.03. The van der Waals surface area contributed by atoms with Gasteiger partial charge < -0.3 is 5.73 Å². The van der Waals surface area contributed by atoms with Crippen LogP contribution in [-0.4, -0.2) is 14.1 Å². The Morgan fingerprint density at radius 1 is 1.24 bits per heavy atom. The zero-order valence-electron chi connectivity index (χ0n) is 14.2. The summed E-state index contributed by atoms with van der Waals surface area (Å²) in [5.41, 5.74) is 7.35.